The fourth-order valence-electron chi connectivity index (χ4n) is 2.62. The third kappa shape index (κ3) is 6.54. The minimum Gasteiger partial charge on any atom is -0.477 e. The van der Waals surface area contributed by atoms with Crippen LogP contribution in [0.1, 0.15) is 49.5 Å². The molecule has 1 amide bonds. The van der Waals surface area contributed by atoms with E-state index in [2.05, 4.69) is 15.0 Å². The Kier molecular flexibility index (Phi) is 6.24. The SMILES string of the molecule is CC(C)(C)NS(=O)(=O)c1ccc(C(=O)NCc2ccc(OCC3CC3)nc2)cc1. The lowest BCUT2D eigenvalue weighted by molar-refractivity contribution is 0.0950. The van der Waals surface area contributed by atoms with Crippen LogP contribution in [0.4, 0.5) is 0 Å². The molecule has 1 fully saturated rings. The summed E-state index contributed by atoms with van der Waals surface area (Å²) in [6.45, 7) is 6.34. The smallest absolute Gasteiger partial charge is 0.251 e. The second kappa shape index (κ2) is 8.51. The summed E-state index contributed by atoms with van der Waals surface area (Å²) in [6, 6.07) is 9.52. The zero-order valence-corrected chi connectivity index (χ0v) is 17.8. The molecule has 0 spiro atoms. The van der Waals surface area contributed by atoms with Crippen LogP contribution in [-0.4, -0.2) is 31.5 Å². The van der Waals surface area contributed by atoms with Gasteiger partial charge in [-0.25, -0.2) is 18.1 Å². The summed E-state index contributed by atoms with van der Waals surface area (Å²) in [7, 11) is -3.63. The zero-order valence-electron chi connectivity index (χ0n) is 16.9. The summed E-state index contributed by atoms with van der Waals surface area (Å²) < 4.78 is 32.8. The van der Waals surface area contributed by atoms with Crippen LogP contribution < -0.4 is 14.8 Å². The highest BCUT2D eigenvalue weighted by molar-refractivity contribution is 7.89. The predicted octanol–water partition coefficient (Wildman–Crippen LogP) is 2.88. The fraction of sp³-hybridized carbons (Fsp3) is 0.429. The van der Waals surface area contributed by atoms with Crippen molar-refractivity contribution in [2.45, 2.75) is 50.6 Å². The Labute approximate surface area is 171 Å². The number of carbonyl (C=O) groups excluding carboxylic acids is 1. The quantitative estimate of drug-likeness (QED) is 0.688. The van der Waals surface area contributed by atoms with E-state index in [-0.39, 0.29) is 10.8 Å². The lowest BCUT2D eigenvalue weighted by atomic mass is 10.1. The van der Waals surface area contributed by atoms with E-state index < -0.39 is 15.6 Å². The summed E-state index contributed by atoms with van der Waals surface area (Å²) >= 11 is 0. The average molecular weight is 418 g/mol. The predicted molar refractivity (Wildman–Crippen MR) is 110 cm³/mol. The van der Waals surface area contributed by atoms with Gasteiger partial charge in [-0.15, -0.1) is 0 Å². The molecule has 156 valence electrons. The van der Waals surface area contributed by atoms with Crippen molar-refractivity contribution in [3.8, 4) is 5.88 Å². The minimum absolute atomic E-state index is 0.120. The minimum atomic E-state index is -3.63. The number of hydrogen-bond donors (Lipinski definition) is 2. The van der Waals surface area contributed by atoms with Gasteiger partial charge in [-0.05, 0) is 69.4 Å². The first-order valence-corrected chi connectivity index (χ1v) is 11.1. The average Bonchev–Trinajstić information content (AvgIpc) is 3.48. The van der Waals surface area contributed by atoms with Gasteiger partial charge in [0.1, 0.15) is 0 Å². The maximum atomic E-state index is 12.3. The molecule has 0 unspecified atom stereocenters. The Morgan fingerprint density at radius 1 is 1.14 bits per heavy atom. The molecule has 0 saturated heterocycles. The maximum absolute atomic E-state index is 12.3. The highest BCUT2D eigenvalue weighted by Gasteiger charge is 2.23. The van der Waals surface area contributed by atoms with Crippen LogP contribution in [0.25, 0.3) is 0 Å². The van der Waals surface area contributed by atoms with Crippen LogP contribution >= 0.6 is 0 Å². The number of nitrogens with zero attached hydrogens (tertiary/aromatic N) is 1. The number of benzene rings is 1. The van der Waals surface area contributed by atoms with E-state index in [1.165, 1.54) is 37.1 Å². The van der Waals surface area contributed by atoms with Crippen molar-refractivity contribution in [3.05, 3.63) is 53.7 Å². The number of ether oxygens (including phenoxy) is 1. The second-order valence-corrected chi connectivity index (χ2v) is 10.0. The molecule has 0 radical (unpaired) electrons. The number of carbonyl (C=O) groups is 1. The summed E-state index contributed by atoms with van der Waals surface area (Å²) in [4.78, 5) is 16.7. The van der Waals surface area contributed by atoms with Crippen molar-refractivity contribution >= 4 is 15.9 Å². The molecular formula is C21H27N3O4S. The highest BCUT2D eigenvalue weighted by Crippen LogP contribution is 2.29. The molecule has 29 heavy (non-hydrogen) atoms. The molecule has 3 rings (SSSR count). The van der Waals surface area contributed by atoms with E-state index in [4.69, 9.17) is 4.74 Å². The van der Waals surface area contributed by atoms with Crippen LogP contribution in [-0.2, 0) is 16.6 Å². The van der Waals surface area contributed by atoms with Crippen LogP contribution in [0.3, 0.4) is 0 Å². The number of aromatic nitrogens is 1. The van der Waals surface area contributed by atoms with Gasteiger partial charge in [0.2, 0.25) is 15.9 Å². The van der Waals surface area contributed by atoms with Crippen molar-refractivity contribution < 1.29 is 17.9 Å². The van der Waals surface area contributed by atoms with Gasteiger partial charge in [0.25, 0.3) is 5.91 Å². The number of nitrogens with one attached hydrogen (secondary N) is 2. The molecule has 1 saturated carbocycles. The molecule has 1 aliphatic carbocycles. The van der Waals surface area contributed by atoms with Gasteiger partial charge < -0.3 is 10.1 Å². The Hall–Kier alpha value is -2.45. The van der Waals surface area contributed by atoms with Crippen molar-refractivity contribution in [3.63, 3.8) is 0 Å². The van der Waals surface area contributed by atoms with Gasteiger partial charge >= 0.3 is 0 Å². The fourth-order valence-corrected chi connectivity index (χ4v) is 4.04. The number of amides is 1. The van der Waals surface area contributed by atoms with Crippen molar-refractivity contribution in [2.24, 2.45) is 5.92 Å². The standard InChI is InChI=1S/C21H27N3O4S/c1-21(2,3)24-29(26,27)18-9-7-17(8-10-18)20(25)23-13-16-6-11-19(22-12-16)28-14-15-4-5-15/h6-12,15,24H,4-5,13-14H2,1-3H3,(H,23,25). The third-order valence-electron chi connectivity index (χ3n) is 4.28. The first-order chi connectivity index (χ1) is 13.6. The second-order valence-electron chi connectivity index (χ2n) is 8.32. The van der Waals surface area contributed by atoms with E-state index in [9.17, 15) is 13.2 Å². The van der Waals surface area contributed by atoms with Crippen LogP contribution in [0.2, 0.25) is 0 Å². The lowest BCUT2D eigenvalue weighted by Crippen LogP contribution is -2.40. The monoisotopic (exact) mass is 417 g/mol. The van der Waals surface area contributed by atoms with Crippen molar-refractivity contribution in [1.29, 1.82) is 0 Å². The molecule has 1 aromatic carbocycles. The zero-order chi connectivity index (χ0) is 21.1. The molecule has 2 aromatic rings. The van der Waals surface area contributed by atoms with Crippen LogP contribution in [0, 0.1) is 5.92 Å². The molecule has 1 heterocycles. The van der Waals surface area contributed by atoms with Gasteiger partial charge in [-0.1, -0.05) is 6.07 Å². The Balaban J connectivity index is 1.54. The molecule has 8 heteroatoms. The summed E-state index contributed by atoms with van der Waals surface area (Å²) in [6.07, 6.45) is 4.13. The van der Waals surface area contributed by atoms with E-state index >= 15 is 0 Å². The first-order valence-electron chi connectivity index (χ1n) is 9.62. The van der Waals surface area contributed by atoms with E-state index in [0.29, 0.717) is 30.5 Å². The third-order valence-corrected chi connectivity index (χ3v) is 6.06. The van der Waals surface area contributed by atoms with Crippen LogP contribution in [0.5, 0.6) is 5.88 Å². The molecule has 0 aliphatic heterocycles. The molecule has 7 nitrogen and oxygen atoms in total. The summed E-state index contributed by atoms with van der Waals surface area (Å²) in [5, 5.41) is 2.81. The Morgan fingerprint density at radius 2 is 1.83 bits per heavy atom. The topological polar surface area (TPSA) is 97.4 Å². The number of pyridine rings is 1. The van der Waals surface area contributed by atoms with Gasteiger partial charge in [0.15, 0.2) is 0 Å². The van der Waals surface area contributed by atoms with Gasteiger partial charge in [-0.2, -0.15) is 0 Å². The number of sulfonamides is 1. The van der Waals surface area contributed by atoms with Crippen molar-refractivity contribution in [2.75, 3.05) is 6.61 Å². The van der Waals surface area contributed by atoms with Crippen LogP contribution in [0.15, 0.2) is 47.5 Å². The number of hydrogen-bond acceptors (Lipinski definition) is 5. The summed E-state index contributed by atoms with van der Waals surface area (Å²) in [5.41, 5.74) is 0.657. The highest BCUT2D eigenvalue weighted by atomic mass is 32.2. The van der Waals surface area contributed by atoms with E-state index in [0.717, 1.165) is 5.56 Å². The number of rotatable bonds is 8. The Bertz CT molecular complexity index is 945. The molecule has 2 N–H and O–H groups in total. The first kappa shape index (κ1) is 21.3. The van der Waals surface area contributed by atoms with E-state index in [1.54, 1.807) is 33.0 Å². The Morgan fingerprint density at radius 3 is 2.38 bits per heavy atom. The van der Waals surface area contributed by atoms with E-state index in [1.807, 2.05) is 6.07 Å². The van der Waals surface area contributed by atoms with Gasteiger partial charge in [-0.3, -0.25) is 4.79 Å². The molecule has 1 aliphatic rings. The maximum Gasteiger partial charge on any atom is 0.251 e. The molecule has 1 aromatic heterocycles. The molecule has 0 bridgehead atoms. The van der Waals surface area contributed by atoms with Gasteiger partial charge in [0, 0.05) is 29.9 Å². The van der Waals surface area contributed by atoms with Gasteiger partial charge in [0.05, 0.1) is 11.5 Å². The van der Waals surface area contributed by atoms with Crippen molar-refractivity contribution in [1.82, 2.24) is 15.0 Å². The largest absolute Gasteiger partial charge is 0.477 e. The molecule has 0 atom stereocenters. The molecular weight excluding hydrogens is 390 g/mol. The lowest BCUT2D eigenvalue weighted by Gasteiger charge is -2.20. The summed E-state index contributed by atoms with van der Waals surface area (Å²) in [5.74, 6) is 0.973. The normalized spacial score (nSPS) is 14.4.